The monoisotopic (exact) mass is 220 g/mol. The van der Waals surface area contributed by atoms with Crippen LogP contribution in [0.4, 0.5) is 0 Å². The van der Waals surface area contributed by atoms with E-state index in [0.29, 0.717) is 0 Å². The zero-order valence-corrected chi connectivity index (χ0v) is 11.1. The summed E-state index contributed by atoms with van der Waals surface area (Å²) in [5.41, 5.74) is 5.43. The molecule has 0 aliphatic carbocycles. The summed E-state index contributed by atoms with van der Waals surface area (Å²) in [6, 6.07) is 17.7. The molecule has 0 aliphatic rings. The lowest BCUT2D eigenvalue weighted by molar-refractivity contribution is 0.641. The van der Waals surface area contributed by atoms with Gasteiger partial charge in [-0.05, 0) is 11.1 Å². The minimum atomic E-state index is 0.0708. The van der Waals surface area contributed by atoms with Crippen LogP contribution in [0.1, 0.15) is 25.0 Å². The first-order valence-electron chi connectivity index (χ1n) is 6.14. The van der Waals surface area contributed by atoms with Gasteiger partial charge >= 0.3 is 0 Å². The summed E-state index contributed by atoms with van der Waals surface area (Å²) in [6.07, 6.45) is 0. The van der Waals surface area contributed by atoms with Gasteiger partial charge in [0.1, 0.15) is 15.7 Å². The molecule has 0 atom stereocenters. The normalized spacial score (nSPS) is 11.4. The fourth-order valence-electron chi connectivity index (χ4n) is 2.11. The second-order valence-electron chi connectivity index (χ2n) is 5.36. The first-order valence-corrected chi connectivity index (χ1v) is 6.14. The minimum Gasteiger partial charge on any atom is -0.0889 e. The molecule has 84 valence electrons. The van der Waals surface area contributed by atoms with Crippen molar-refractivity contribution in [2.75, 3.05) is 0 Å². The largest absolute Gasteiger partial charge is 0.139 e. The van der Waals surface area contributed by atoms with Crippen molar-refractivity contribution in [3.63, 3.8) is 0 Å². The van der Waals surface area contributed by atoms with E-state index in [1.807, 2.05) is 0 Å². The highest BCUT2D eigenvalue weighted by Gasteiger charge is 2.22. The molecule has 2 heteroatoms. The zero-order valence-electron chi connectivity index (χ0n) is 11.1. The van der Waals surface area contributed by atoms with E-state index in [1.165, 1.54) is 22.1 Å². The first kappa shape index (κ1) is 12.0. The van der Waals surface area contributed by atoms with Gasteiger partial charge in [-0.3, -0.25) is 0 Å². The molecular weight excluding hydrogens is 202 g/mol. The zero-order chi connectivity index (χ0) is 12.5. The Hall–Kier alpha value is -1.43. The highest BCUT2D eigenvalue weighted by Crippen LogP contribution is 2.30. The number of hydrogen-bond acceptors (Lipinski definition) is 0. The van der Waals surface area contributed by atoms with E-state index < -0.39 is 0 Å². The summed E-state index contributed by atoms with van der Waals surface area (Å²) in [6.45, 7) is 4.56. The van der Waals surface area contributed by atoms with E-state index in [-0.39, 0.29) is 5.41 Å². The quantitative estimate of drug-likeness (QED) is 0.647. The van der Waals surface area contributed by atoms with Gasteiger partial charge in [0.2, 0.25) is 0 Å². The molecule has 0 N–H and O–H groups in total. The van der Waals surface area contributed by atoms with Gasteiger partial charge in [-0.15, -0.1) is 0 Å². The second kappa shape index (κ2) is 4.44. The number of rotatable bonds is 2. The Morgan fingerprint density at radius 3 is 1.24 bits per heavy atom. The maximum atomic E-state index is 2.28. The molecular formula is C15H18B2. The molecule has 0 spiro atoms. The molecule has 2 rings (SSSR count). The standard InChI is InChI=1S/C15H18B2/c1-15(2,11-3-7-13(16)8-4-11)12-5-9-14(17)10-6-12/h3-10H,16-17H2,1-2H3. The van der Waals surface area contributed by atoms with E-state index in [4.69, 9.17) is 0 Å². The average molecular weight is 220 g/mol. The van der Waals surface area contributed by atoms with Crippen molar-refractivity contribution < 1.29 is 0 Å². The Kier molecular flexibility index (Phi) is 3.15. The molecule has 0 aromatic heterocycles. The van der Waals surface area contributed by atoms with Gasteiger partial charge in [0.05, 0.1) is 0 Å². The summed E-state index contributed by atoms with van der Waals surface area (Å²) < 4.78 is 0. The van der Waals surface area contributed by atoms with Gasteiger partial charge in [0.15, 0.2) is 0 Å². The van der Waals surface area contributed by atoms with Gasteiger partial charge in [0.25, 0.3) is 0 Å². The van der Waals surface area contributed by atoms with Crippen molar-refractivity contribution in [2.45, 2.75) is 19.3 Å². The third-order valence-electron chi connectivity index (χ3n) is 3.55. The SMILES string of the molecule is Bc1ccc(C(C)(C)c2ccc(B)cc2)cc1. The Bertz CT molecular complexity index is 448. The maximum Gasteiger partial charge on any atom is 0.139 e. The predicted molar refractivity (Wildman–Crippen MR) is 81.4 cm³/mol. The van der Waals surface area contributed by atoms with Crippen molar-refractivity contribution >= 4 is 26.6 Å². The molecule has 0 aliphatic heterocycles. The van der Waals surface area contributed by atoms with Crippen LogP contribution in [0.2, 0.25) is 0 Å². The van der Waals surface area contributed by atoms with Crippen LogP contribution in [0.25, 0.3) is 0 Å². The average Bonchev–Trinajstić information content (AvgIpc) is 2.30. The molecule has 0 amide bonds. The van der Waals surface area contributed by atoms with E-state index in [0.717, 1.165) is 0 Å². The predicted octanol–water partition coefficient (Wildman–Crippen LogP) is 0.529. The maximum absolute atomic E-state index is 2.28. The molecule has 0 nitrogen and oxygen atoms in total. The van der Waals surface area contributed by atoms with Crippen LogP contribution in [0, 0.1) is 0 Å². The van der Waals surface area contributed by atoms with Crippen molar-refractivity contribution in [1.29, 1.82) is 0 Å². The molecule has 0 saturated carbocycles. The fourth-order valence-corrected chi connectivity index (χ4v) is 2.11. The van der Waals surface area contributed by atoms with Crippen molar-refractivity contribution in [3.8, 4) is 0 Å². The Labute approximate surface area is 106 Å². The van der Waals surface area contributed by atoms with Crippen LogP contribution in [-0.4, -0.2) is 15.7 Å². The van der Waals surface area contributed by atoms with Crippen LogP contribution >= 0.6 is 0 Å². The first-order chi connectivity index (χ1) is 8.00. The van der Waals surface area contributed by atoms with E-state index >= 15 is 0 Å². The number of hydrogen-bond donors (Lipinski definition) is 0. The van der Waals surface area contributed by atoms with Gasteiger partial charge in [-0.1, -0.05) is 73.3 Å². The minimum absolute atomic E-state index is 0.0708. The fraction of sp³-hybridized carbons (Fsp3) is 0.200. The molecule has 2 aromatic rings. The summed E-state index contributed by atoms with van der Waals surface area (Å²) in [5.74, 6) is 0. The third kappa shape index (κ3) is 2.46. The highest BCUT2D eigenvalue weighted by atomic mass is 14.3. The summed E-state index contributed by atoms with van der Waals surface area (Å²) >= 11 is 0. The Balaban J connectivity index is 2.41. The highest BCUT2D eigenvalue weighted by molar-refractivity contribution is 6.32. The molecule has 0 fully saturated rings. The van der Waals surface area contributed by atoms with E-state index in [2.05, 4.69) is 78.1 Å². The van der Waals surface area contributed by atoms with Crippen LogP contribution in [0.15, 0.2) is 48.5 Å². The van der Waals surface area contributed by atoms with Gasteiger partial charge in [-0.25, -0.2) is 0 Å². The Morgan fingerprint density at radius 1 is 0.647 bits per heavy atom. The van der Waals surface area contributed by atoms with Crippen molar-refractivity contribution in [3.05, 3.63) is 59.7 Å². The summed E-state index contributed by atoms with van der Waals surface area (Å²) in [7, 11) is 4.26. The second-order valence-corrected chi connectivity index (χ2v) is 5.36. The summed E-state index contributed by atoms with van der Waals surface area (Å²) in [4.78, 5) is 0. The Morgan fingerprint density at radius 2 is 0.941 bits per heavy atom. The van der Waals surface area contributed by atoms with Crippen molar-refractivity contribution in [2.24, 2.45) is 0 Å². The van der Waals surface area contributed by atoms with Gasteiger partial charge < -0.3 is 0 Å². The van der Waals surface area contributed by atoms with Crippen LogP contribution in [0.5, 0.6) is 0 Å². The van der Waals surface area contributed by atoms with Gasteiger partial charge in [0, 0.05) is 5.41 Å². The lowest BCUT2D eigenvalue weighted by atomic mass is 9.76. The molecule has 0 saturated heterocycles. The molecule has 2 aromatic carbocycles. The van der Waals surface area contributed by atoms with Crippen LogP contribution in [-0.2, 0) is 5.41 Å². The van der Waals surface area contributed by atoms with Crippen LogP contribution in [0.3, 0.4) is 0 Å². The lowest BCUT2D eigenvalue weighted by Gasteiger charge is -2.26. The van der Waals surface area contributed by atoms with Gasteiger partial charge in [-0.2, -0.15) is 0 Å². The smallest absolute Gasteiger partial charge is 0.0889 e. The summed E-state index contributed by atoms with van der Waals surface area (Å²) in [5, 5.41) is 0. The topological polar surface area (TPSA) is 0 Å². The molecule has 0 heterocycles. The molecule has 0 radical (unpaired) electrons. The molecule has 17 heavy (non-hydrogen) atoms. The van der Waals surface area contributed by atoms with E-state index in [9.17, 15) is 0 Å². The molecule has 0 bridgehead atoms. The van der Waals surface area contributed by atoms with E-state index in [1.54, 1.807) is 0 Å². The number of benzene rings is 2. The lowest BCUT2D eigenvalue weighted by Crippen LogP contribution is -2.20. The van der Waals surface area contributed by atoms with Crippen molar-refractivity contribution in [1.82, 2.24) is 0 Å². The third-order valence-corrected chi connectivity index (χ3v) is 3.55. The molecule has 0 unspecified atom stereocenters. The van der Waals surface area contributed by atoms with Crippen LogP contribution < -0.4 is 10.9 Å².